The molecular weight excluding hydrogens is 301 g/mol. The fraction of sp³-hybridized carbons (Fsp3) is 0.538. The molecule has 1 aromatic rings. The minimum Gasteiger partial charge on any atom is -0.259 e. The van der Waals surface area contributed by atoms with E-state index in [4.69, 9.17) is 0 Å². The first-order valence-electron chi connectivity index (χ1n) is 6.41. The van der Waals surface area contributed by atoms with Crippen LogP contribution in [-0.4, -0.2) is 40.5 Å². The van der Waals surface area contributed by atoms with Gasteiger partial charge in [-0.3, -0.25) is 4.21 Å². The monoisotopic (exact) mass is 319 g/mol. The van der Waals surface area contributed by atoms with E-state index in [0.717, 1.165) is 0 Å². The molecule has 0 unspecified atom stereocenters. The number of hydrogen-bond donors (Lipinski definition) is 0. The molecule has 0 spiro atoms. The van der Waals surface area contributed by atoms with E-state index >= 15 is 0 Å². The van der Waals surface area contributed by atoms with Crippen molar-refractivity contribution in [3.63, 3.8) is 0 Å². The zero-order valence-electron chi connectivity index (χ0n) is 11.7. The van der Waals surface area contributed by atoms with Crippen LogP contribution in [0.2, 0.25) is 0 Å². The minimum atomic E-state index is -3.76. The molecule has 7 heteroatoms. The van der Waals surface area contributed by atoms with Crippen LogP contribution in [0.25, 0.3) is 0 Å². The molecule has 1 aromatic carbocycles. The molecule has 4 nitrogen and oxygen atoms in total. The number of halogens is 1. The van der Waals surface area contributed by atoms with Crippen molar-refractivity contribution in [3.8, 4) is 0 Å². The van der Waals surface area contributed by atoms with Gasteiger partial charge in [-0.1, -0.05) is 6.07 Å². The molecule has 1 heterocycles. The number of hydrogen-bond acceptors (Lipinski definition) is 3. The standard InChI is InChI=1S/C13H18FNO3S2/c1-9-12(14)5-4-6-13(9)20(17,18)15-7-8-19(16)11(3)10(15)2/h4-6,10-11H,7-8H2,1-3H3/t10-,11-,19-/m0/s1. The summed E-state index contributed by atoms with van der Waals surface area (Å²) in [5, 5.41) is -0.229. The Hall–Kier alpha value is -0.790. The molecule has 0 radical (unpaired) electrons. The van der Waals surface area contributed by atoms with Gasteiger partial charge in [0.25, 0.3) is 0 Å². The lowest BCUT2D eigenvalue weighted by Gasteiger charge is -2.36. The SMILES string of the molecule is Cc1c(F)cccc1S(=O)(=O)N1CC[S@](=O)[C@@H](C)[C@@H]1C. The van der Waals surface area contributed by atoms with Crippen molar-refractivity contribution < 1.29 is 17.0 Å². The van der Waals surface area contributed by atoms with Gasteiger partial charge >= 0.3 is 0 Å². The van der Waals surface area contributed by atoms with Gasteiger partial charge in [-0.15, -0.1) is 0 Å². The maximum Gasteiger partial charge on any atom is 0.243 e. The van der Waals surface area contributed by atoms with E-state index in [1.54, 1.807) is 13.8 Å². The molecule has 1 aliphatic rings. The number of benzene rings is 1. The highest BCUT2D eigenvalue weighted by molar-refractivity contribution is 7.89. The summed E-state index contributed by atoms with van der Waals surface area (Å²) in [5.41, 5.74) is 0.124. The van der Waals surface area contributed by atoms with Crippen molar-refractivity contribution in [3.05, 3.63) is 29.6 Å². The fourth-order valence-corrected chi connectivity index (χ4v) is 5.82. The molecule has 1 fully saturated rings. The molecule has 0 aliphatic carbocycles. The zero-order chi connectivity index (χ0) is 15.1. The number of nitrogens with zero attached hydrogens (tertiary/aromatic N) is 1. The maximum atomic E-state index is 13.6. The summed E-state index contributed by atoms with van der Waals surface area (Å²) in [4.78, 5) is -0.00997. The molecule has 0 N–H and O–H groups in total. The second-order valence-electron chi connectivity index (χ2n) is 5.01. The van der Waals surface area contributed by atoms with Crippen molar-refractivity contribution in [1.29, 1.82) is 0 Å². The smallest absolute Gasteiger partial charge is 0.243 e. The van der Waals surface area contributed by atoms with Crippen LogP contribution in [0.15, 0.2) is 23.1 Å². The lowest BCUT2D eigenvalue weighted by molar-refractivity contribution is 0.334. The average molecular weight is 319 g/mol. The van der Waals surface area contributed by atoms with Gasteiger partial charge in [-0.2, -0.15) is 4.31 Å². The van der Waals surface area contributed by atoms with Crippen molar-refractivity contribution in [2.75, 3.05) is 12.3 Å². The highest BCUT2D eigenvalue weighted by Crippen LogP contribution is 2.27. The number of sulfonamides is 1. The van der Waals surface area contributed by atoms with Gasteiger partial charge in [0.05, 0.1) is 4.90 Å². The van der Waals surface area contributed by atoms with Gasteiger partial charge in [-0.25, -0.2) is 12.8 Å². The Kier molecular flexibility index (Phi) is 4.32. The van der Waals surface area contributed by atoms with Gasteiger partial charge < -0.3 is 0 Å². The first-order chi connectivity index (χ1) is 9.26. The van der Waals surface area contributed by atoms with Gasteiger partial charge in [0, 0.05) is 40.0 Å². The van der Waals surface area contributed by atoms with E-state index < -0.39 is 26.6 Å². The largest absolute Gasteiger partial charge is 0.259 e. The predicted octanol–water partition coefficient (Wildman–Crippen LogP) is 1.66. The van der Waals surface area contributed by atoms with E-state index in [1.165, 1.54) is 29.4 Å². The third kappa shape index (κ3) is 2.54. The topological polar surface area (TPSA) is 54.5 Å². The number of rotatable bonds is 2. The van der Waals surface area contributed by atoms with Gasteiger partial charge in [-0.05, 0) is 32.9 Å². The van der Waals surface area contributed by atoms with Crippen molar-refractivity contribution in [2.45, 2.75) is 37.0 Å². The first-order valence-corrected chi connectivity index (χ1v) is 9.23. The highest BCUT2D eigenvalue weighted by Gasteiger charge is 2.38. The Morgan fingerprint density at radius 3 is 2.65 bits per heavy atom. The molecule has 0 aromatic heterocycles. The molecule has 1 aliphatic heterocycles. The Balaban J connectivity index is 2.45. The lowest BCUT2D eigenvalue weighted by atomic mass is 10.2. The van der Waals surface area contributed by atoms with E-state index in [0.29, 0.717) is 5.75 Å². The average Bonchev–Trinajstić information content (AvgIpc) is 2.38. The van der Waals surface area contributed by atoms with E-state index in [2.05, 4.69) is 0 Å². The second-order valence-corrected chi connectivity index (χ2v) is 8.78. The Morgan fingerprint density at radius 1 is 1.35 bits per heavy atom. The summed E-state index contributed by atoms with van der Waals surface area (Å²) in [5.74, 6) is -0.216. The van der Waals surface area contributed by atoms with E-state index in [1.807, 2.05) is 0 Å². The molecule has 0 saturated carbocycles. The van der Waals surface area contributed by atoms with E-state index in [9.17, 15) is 17.0 Å². The summed E-state index contributed by atoms with van der Waals surface area (Å²) in [6.45, 7) is 5.18. The van der Waals surface area contributed by atoms with E-state index in [-0.39, 0.29) is 28.3 Å². The predicted molar refractivity (Wildman–Crippen MR) is 77.0 cm³/mol. The summed E-state index contributed by atoms with van der Waals surface area (Å²) >= 11 is 0. The van der Waals surface area contributed by atoms with Gasteiger partial charge in [0.15, 0.2) is 0 Å². The van der Waals surface area contributed by atoms with Crippen LogP contribution < -0.4 is 0 Å². The van der Waals surface area contributed by atoms with Crippen LogP contribution in [-0.2, 0) is 20.8 Å². The van der Waals surface area contributed by atoms with Crippen LogP contribution in [0.5, 0.6) is 0 Å². The Labute approximate surface area is 121 Å². The summed E-state index contributed by atoms with van der Waals surface area (Å²) in [6.07, 6.45) is 0. The second kappa shape index (κ2) is 5.54. The third-order valence-corrected chi connectivity index (χ3v) is 7.80. The summed E-state index contributed by atoms with van der Waals surface area (Å²) < 4.78 is 52.0. The van der Waals surface area contributed by atoms with Crippen LogP contribution in [0, 0.1) is 12.7 Å². The summed E-state index contributed by atoms with van der Waals surface area (Å²) in [7, 11) is -4.78. The Bertz CT molecular complexity index is 645. The van der Waals surface area contributed by atoms with Crippen LogP contribution in [0.4, 0.5) is 4.39 Å². The van der Waals surface area contributed by atoms with Crippen LogP contribution in [0.3, 0.4) is 0 Å². The van der Waals surface area contributed by atoms with Crippen molar-refractivity contribution >= 4 is 20.8 Å². The fourth-order valence-electron chi connectivity index (χ4n) is 2.36. The summed E-state index contributed by atoms with van der Waals surface area (Å²) in [6, 6.07) is 3.69. The van der Waals surface area contributed by atoms with Crippen LogP contribution >= 0.6 is 0 Å². The molecule has 0 amide bonds. The molecule has 1 saturated heterocycles. The minimum absolute atomic E-state index is 0.00997. The first kappa shape index (κ1) is 15.6. The molecule has 3 atom stereocenters. The highest BCUT2D eigenvalue weighted by atomic mass is 32.2. The zero-order valence-corrected chi connectivity index (χ0v) is 13.3. The van der Waals surface area contributed by atoms with Crippen LogP contribution in [0.1, 0.15) is 19.4 Å². The van der Waals surface area contributed by atoms with Gasteiger partial charge in [0.1, 0.15) is 5.82 Å². The lowest BCUT2D eigenvalue weighted by Crippen LogP contribution is -2.52. The van der Waals surface area contributed by atoms with Gasteiger partial charge in [0.2, 0.25) is 10.0 Å². The Morgan fingerprint density at radius 2 is 2.00 bits per heavy atom. The quantitative estimate of drug-likeness (QED) is 0.833. The molecule has 112 valence electrons. The normalized spacial score (nSPS) is 28.5. The maximum absolute atomic E-state index is 13.6. The third-order valence-electron chi connectivity index (χ3n) is 3.87. The molecule has 0 bridgehead atoms. The molecular formula is C13H18FNO3S2. The van der Waals surface area contributed by atoms with Crippen molar-refractivity contribution in [2.24, 2.45) is 0 Å². The molecule has 2 rings (SSSR count). The van der Waals surface area contributed by atoms with Crippen molar-refractivity contribution in [1.82, 2.24) is 4.31 Å². The molecule has 20 heavy (non-hydrogen) atoms.